The predicted octanol–water partition coefficient (Wildman–Crippen LogP) is 4.09. The van der Waals surface area contributed by atoms with Gasteiger partial charge in [0.2, 0.25) is 0 Å². The Labute approximate surface area is 94.9 Å². The van der Waals surface area contributed by atoms with Crippen molar-refractivity contribution in [1.29, 1.82) is 0 Å². The largest absolute Gasteiger partial charge is 0.396 e. The minimum absolute atomic E-state index is 0.317. The van der Waals surface area contributed by atoms with Crippen molar-refractivity contribution in [2.45, 2.75) is 52.9 Å². The van der Waals surface area contributed by atoms with Crippen molar-refractivity contribution in [3.05, 3.63) is 23.8 Å². The SMILES string of the molecule is C=CCCC(CC[C@@H](C)CCO)=C(C)C. The molecule has 0 radical (unpaired) electrons. The van der Waals surface area contributed by atoms with Gasteiger partial charge in [-0.25, -0.2) is 0 Å². The van der Waals surface area contributed by atoms with Crippen LogP contribution in [-0.2, 0) is 0 Å². The highest BCUT2D eigenvalue weighted by Crippen LogP contribution is 2.21. The molecule has 1 nitrogen and oxygen atoms in total. The van der Waals surface area contributed by atoms with Crippen LogP contribution in [0.2, 0.25) is 0 Å². The summed E-state index contributed by atoms with van der Waals surface area (Å²) in [4.78, 5) is 0. The summed E-state index contributed by atoms with van der Waals surface area (Å²) < 4.78 is 0. The van der Waals surface area contributed by atoms with Crippen LogP contribution in [0.25, 0.3) is 0 Å². The summed E-state index contributed by atoms with van der Waals surface area (Å²) in [6.07, 6.45) is 7.51. The van der Waals surface area contributed by atoms with Crippen molar-refractivity contribution in [3.8, 4) is 0 Å². The third kappa shape index (κ3) is 7.38. The summed E-state index contributed by atoms with van der Waals surface area (Å²) in [5.41, 5.74) is 3.02. The molecule has 88 valence electrons. The maximum atomic E-state index is 8.83. The topological polar surface area (TPSA) is 20.2 Å². The van der Waals surface area contributed by atoms with E-state index in [0.29, 0.717) is 12.5 Å². The third-order valence-corrected chi connectivity index (χ3v) is 2.92. The van der Waals surface area contributed by atoms with Crippen molar-refractivity contribution < 1.29 is 5.11 Å². The van der Waals surface area contributed by atoms with Crippen molar-refractivity contribution in [2.24, 2.45) is 5.92 Å². The van der Waals surface area contributed by atoms with E-state index in [0.717, 1.165) is 19.3 Å². The summed E-state index contributed by atoms with van der Waals surface area (Å²) in [5, 5.41) is 8.83. The van der Waals surface area contributed by atoms with Gasteiger partial charge in [0.25, 0.3) is 0 Å². The average molecular weight is 210 g/mol. The summed E-state index contributed by atoms with van der Waals surface area (Å²) in [5.74, 6) is 0.632. The maximum absolute atomic E-state index is 8.83. The van der Waals surface area contributed by atoms with Gasteiger partial charge in [-0.05, 0) is 51.9 Å². The van der Waals surface area contributed by atoms with Crippen molar-refractivity contribution >= 4 is 0 Å². The van der Waals surface area contributed by atoms with Crippen LogP contribution >= 0.6 is 0 Å². The van der Waals surface area contributed by atoms with E-state index in [2.05, 4.69) is 27.4 Å². The fourth-order valence-electron chi connectivity index (χ4n) is 1.69. The number of allylic oxidation sites excluding steroid dienone is 3. The van der Waals surface area contributed by atoms with Crippen LogP contribution in [-0.4, -0.2) is 11.7 Å². The lowest BCUT2D eigenvalue weighted by Gasteiger charge is -2.13. The van der Waals surface area contributed by atoms with E-state index in [1.807, 2.05) is 6.08 Å². The van der Waals surface area contributed by atoms with Crippen LogP contribution in [0.4, 0.5) is 0 Å². The first kappa shape index (κ1) is 14.4. The fraction of sp³-hybridized carbons (Fsp3) is 0.714. The second-order valence-corrected chi connectivity index (χ2v) is 4.59. The van der Waals surface area contributed by atoms with E-state index in [-0.39, 0.29) is 0 Å². The van der Waals surface area contributed by atoms with E-state index in [1.165, 1.54) is 18.4 Å². The van der Waals surface area contributed by atoms with Gasteiger partial charge in [-0.3, -0.25) is 0 Å². The van der Waals surface area contributed by atoms with Gasteiger partial charge in [0.15, 0.2) is 0 Å². The third-order valence-electron chi connectivity index (χ3n) is 2.92. The second-order valence-electron chi connectivity index (χ2n) is 4.59. The highest BCUT2D eigenvalue weighted by atomic mass is 16.3. The lowest BCUT2D eigenvalue weighted by atomic mass is 9.94. The summed E-state index contributed by atoms with van der Waals surface area (Å²) >= 11 is 0. The van der Waals surface area contributed by atoms with Crippen LogP contribution in [0.1, 0.15) is 52.9 Å². The van der Waals surface area contributed by atoms with Crippen molar-refractivity contribution in [2.75, 3.05) is 6.61 Å². The number of hydrogen-bond acceptors (Lipinski definition) is 1. The first-order valence-electron chi connectivity index (χ1n) is 5.98. The summed E-state index contributed by atoms with van der Waals surface area (Å²) in [7, 11) is 0. The summed E-state index contributed by atoms with van der Waals surface area (Å²) in [6, 6.07) is 0. The molecule has 0 unspecified atom stereocenters. The molecule has 0 saturated heterocycles. The van der Waals surface area contributed by atoms with Crippen LogP contribution in [0.5, 0.6) is 0 Å². The predicted molar refractivity (Wildman–Crippen MR) is 67.9 cm³/mol. The Morgan fingerprint density at radius 2 is 1.93 bits per heavy atom. The second kappa shape index (κ2) is 8.72. The molecule has 0 amide bonds. The molecular weight excluding hydrogens is 184 g/mol. The number of aliphatic hydroxyl groups is 1. The molecular formula is C14H26O. The Kier molecular flexibility index (Phi) is 8.40. The lowest BCUT2D eigenvalue weighted by Crippen LogP contribution is -1.99. The Balaban J connectivity index is 3.97. The zero-order chi connectivity index (χ0) is 11.7. The molecule has 1 heteroatoms. The lowest BCUT2D eigenvalue weighted by molar-refractivity contribution is 0.258. The molecule has 15 heavy (non-hydrogen) atoms. The molecule has 0 aromatic rings. The Morgan fingerprint density at radius 3 is 2.40 bits per heavy atom. The smallest absolute Gasteiger partial charge is 0.0433 e. The Hall–Kier alpha value is -0.560. The number of aliphatic hydroxyl groups excluding tert-OH is 1. The standard InChI is InChI=1S/C14H26O/c1-5-6-7-14(12(2)3)9-8-13(4)10-11-15/h5,13,15H,1,6-11H2,2-4H3/t13-/m1/s1. The molecule has 0 rings (SSSR count). The van der Waals surface area contributed by atoms with E-state index in [1.54, 1.807) is 5.57 Å². The Morgan fingerprint density at radius 1 is 1.27 bits per heavy atom. The first-order valence-corrected chi connectivity index (χ1v) is 5.98. The van der Waals surface area contributed by atoms with Gasteiger partial charge in [0.1, 0.15) is 0 Å². The van der Waals surface area contributed by atoms with Crippen molar-refractivity contribution in [1.82, 2.24) is 0 Å². The van der Waals surface area contributed by atoms with Gasteiger partial charge in [0.05, 0.1) is 0 Å². The van der Waals surface area contributed by atoms with Gasteiger partial charge >= 0.3 is 0 Å². The number of rotatable bonds is 8. The molecule has 0 spiro atoms. The summed E-state index contributed by atoms with van der Waals surface area (Å²) in [6.45, 7) is 10.7. The molecule has 0 bridgehead atoms. The molecule has 0 aliphatic carbocycles. The minimum Gasteiger partial charge on any atom is -0.396 e. The van der Waals surface area contributed by atoms with Crippen LogP contribution in [0.15, 0.2) is 23.8 Å². The highest BCUT2D eigenvalue weighted by Gasteiger charge is 2.04. The molecule has 0 aromatic heterocycles. The zero-order valence-electron chi connectivity index (χ0n) is 10.6. The van der Waals surface area contributed by atoms with Crippen LogP contribution < -0.4 is 0 Å². The maximum Gasteiger partial charge on any atom is 0.0433 e. The Bertz CT molecular complexity index is 199. The molecule has 0 aliphatic heterocycles. The van der Waals surface area contributed by atoms with Gasteiger partial charge in [0, 0.05) is 6.61 Å². The van der Waals surface area contributed by atoms with Crippen molar-refractivity contribution in [3.63, 3.8) is 0 Å². The molecule has 1 atom stereocenters. The van der Waals surface area contributed by atoms with E-state index < -0.39 is 0 Å². The van der Waals surface area contributed by atoms with E-state index >= 15 is 0 Å². The van der Waals surface area contributed by atoms with Gasteiger partial charge in [-0.15, -0.1) is 6.58 Å². The van der Waals surface area contributed by atoms with Gasteiger partial charge < -0.3 is 5.11 Å². The van der Waals surface area contributed by atoms with Crippen LogP contribution in [0, 0.1) is 5.92 Å². The molecule has 0 fully saturated rings. The fourth-order valence-corrected chi connectivity index (χ4v) is 1.69. The zero-order valence-corrected chi connectivity index (χ0v) is 10.6. The molecule has 0 aromatic carbocycles. The molecule has 0 aliphatic rings. The molecule has 1 N–H and O–H groups in total. The van der Waals surface area contributed by atoms with Crippen LogP contribution in [0.3, 0.4) is 0 Å². The highest BCUT2D eigenvalue weighted by molar-refractivity contribution is 5.10. The van der Waals surface area contributed by atoms with Gasteiger partial charge in [-0.1, -0.05) is 24.1 Å². The van der Waals surface area contributed by atoms with E-state index in [4.69, 9.17) is 5.11 Å². The van der Waals surface area contributed by atoms with E-state index in [9.17, 15) is 0 Å². The quantitative estimate of drug-likeness (QED) is 0.598. The minimum atomic E-state index is 0.317. The molecule has 0 heterocycles. The molecule has 0 saturated carbocycles. The average Bonchev–Trinajstić information content (AvgIpc) is 2.17. The normalized spacial score (nSPS) is 12.3. The first-order chi connectivity index (χ1) is 7.11. The number of hydrogen-bond donors (Lipinski definition) is 1. The monoisotopic (exact) mass is 210 g/mol. The van der Waals surface area contributed by atoms with Gasteiger partial charge in [-0.2, -0.15) is 0 Å².